The van der Waals surface area contributed by atoms with Gasteiger partial charge < -0.3 is 19.5 Å². The molecule has 7 heteroatoms. The van der Waals surface area contributed by atoms with Gasteiger partial charge in [0.2, 0.25) is 0 Å². The van der Waals surface area contributed by atoms with E-state index in [1.807, 2.05) is 13.1 Å². The van der Waals surface area contributed by atoms with E-state index in [2.05, 4.69) is 35.4 Å². The Labute approximate surface area is 180 Å². The van der Waals surface area contributed by atoms with Crippen LogP contribution in [-0.4, -0.2) is 48.7 Å². The monoisotopic (exact) mass is 416 g/mol. The van der Waals surface area contributed by atoms with Crippen molar-refractivity contribution in [3.05, 3.63) is 29.6 Å². The van der Waals surface area contributed by atoms with Gasteiger partial charge in [0.25, 0.3) is 5.88 Å². The van der Waals surface area contributed by atoms with Crippen molar-refractivity contribution in [3.8, 4) is 5.88 Å². The van der Waals surface area contributed by atoms with Crippen LogP contribution in [0.1, 0.15) is 64.1 Å². The number of aromatic nitrogens is 2. The molecule has 1 unspecified atom stereocenters. The normalized spacial score (nSPS) is 23.6. The Balaban J connectivity index is 1.95. The number of aliphatic imine (C=N–C) groups is 1. The van der Waals surface area contributed by atoms with Gasteiger partial charge in [-0.15, -0.1) is 5.10 Å². The van der Waals surface area contributed by atoms with Crippen molar-refractivity contribution < 1.29 is 14.2 Å². The van der Waals surface area contributed by atoms with Crippen LogP contribution in [0.25, 0.3) is 0 Å². The first-order chi connectivity index (χ1) is 14.5. The molecule has 3 heterocycles. The summed E-state index contributed by atoms with van der Waals surface area (Å²) < 4.78 is 19.4. The van der Waals surface area contributed by atoms with Crippen molar-refractivity contribution in [2.45, 2.75) is 71.4 Å². The summed E-state index contributed by atoms with van der Waals surface area (Å²) >= 11 is 0. The third kappa shape index (κ3) is 5.52. The Hall–Kier alpha value is -2.12. The van der Waals surface area contributed by atoms with Crippen LogP contribution in [0.2, 0.25) is 0 Å². The van der Waals surface area contributed by atoms with Gasteiger partial charge in [0.05, 0.1) is 17.8 Å². The number of allylic oxidation sites excluding steroid dienone is 2. The van der Waals surface area contributed by atoms with E-state index in [4.69, 9.17) is 19.3 Å². The fraction of sp³-hybridized carbons (Fsp3) is 0.652. The summed E-state index contributed by atoms with van der Waals surface area (Å²) in [6.45, 7) is 12.5. The van der Waals surface area contributed by atoms with E-state index in [1.54, 1.807) is 7.11 Å². The van der Waals surface area contributed by atoms with Crippen LogP contribution in [0.5, 0.6) is 5.88 Å². The second-order valence-corrected chi connectivity index (χ2v) is 8.11. The lowest BCUT2D eigenvalue weighted by molar-refractivity contribution is 0.0494. The molecule has 7 nitrogen and oxygen atoms in total. The van der Waals surface area contributed by atoms with Crippen molar-refractivity contribution in [3.63, 3.8) is 0 Å². The van der Waals surface area contributed by atoms with Crippen molar-refractivity contribution >= 4 is 11.5 Å². The molecule has 0 saturated carbocycles. The zero-order valence-electron chi connectivity index (χ0n) is 18.9. The molecule has 0 aromatic carbocycles. The van der Waals surface area contributed by atoms with Crippen LogP contribution >= 0.6 is 0 Å². The first-order valence-electron chi connectivity index (χ1n) is 11.0. The second kappa shape index (κ2) is 10.8. The predicted molar refractivity (Wildman–Crippen MR) is 120 cm³/mol. The fourth-order valence-corrected chi connectivity index (χ4v) is 3.95. The third-order valence-electron chi connectivity index (χ3n) is 5.86. The van der Waals surface area contributed by atoms with Crippen molar-refractivity contribution in [1.82, 2.24) is 9.78 Å². The van der Waals surface area contributed by atoms with Gasteiger partial charge in [-0.1, -0.05) is 25.5 Å². The lowest BCUT2D eigenvalue weighted by Gasteiger charge is -2.23. The average molecular weight is 417 g/mol. The number of hydrogen-bond acceptors (Lipinski definition) is 6. The van der Waals surface area contributed by atoms with E-state index in [0.717, 1.165) is 74.5 Å². The smallest absolute Gasteiger partial charge is 0.257 e. The van der Waals surface area contributed by atoms with Crippen molar-refractivity contribution in [1.29, 1.82) is 0 Å². The minimum Gasteiger partial charge on any atom is -0.472 e. The van der Waals surface area contributed by atoms with Gasteiger partial charge in [-0.3, -0.25) is 4.68 Å². The van der Waals surface area contributed by atoms with Gasteiger partial charge in [-0.2, -0.15) is 0 Å². The molecule has 1 N–H and O–H groups in total. The molecule has 1 saturated heterocycles. The summed E-state index contributed by atoms with van der Waals surface area (Å²) in [5.41, 5.74) is 4.25. The first-order valence-corrected chi connectivity index (χ1v) is 11.0. The van der Waals surface area contributed by atoms with Crippen LogP contribution in [0, 0.1) is 6.92 Å². The summed E-state index contributed by atoms with van der Waals surface area (Å²) in [4.78, 5) is 4.68. The predicted octanol–water partition coefficient (Wildman–Crippen LogP) is 4.80. The number of nitrogens with zero attached hydrogens (tertiary/aromatic N) is 3. The van der Waals surface area contributed by atoms with Crippen LogP contribution in [0.3, 0.4) is 0 Å². The fourth-order valence-electron chi connectivity index (χ4n) is 3.95. The highest BCUT2D eigenvalue weighted by atomic mass is 16.5. The number of fused-ring (bicyclic) bond motifs is 1. The van der Waals surface area contributed by atoms with Crippen LogP contribution in [-0.2, 0) is 9.47 Å². The summed E-state index contributed by atoms with van der Waals surface area (Å²) in [7, 11) is 1.73. The summed E-state index contributed by atoms with van der Waals surface area (Å²) in [5.74, 6) is 1.41. The first kappa shape index (κ1) is 22.6. The molecule has 1 atom stereocenters. The lowest BCUT2D eigenvalue weighted by atomic mass is 9.98. The van der Waals surface area contributed by atoms with E-state index in [0.29, 0.717) is 18.5 Å². The number of hydrogen-bond donors (Lipinski definition) is 1. The number of methoxy groups -OCH3 is 1. The zero-order chi connectivity index (χ0) is 21.5. The largest absolute Gasteiger partial charge is 0.472 e. The highest BCUT2D eigenvalue weighted by Crippen LogP contribution is 2.33. The molecule has 0 spiro atoms. The van der Waals surface area contributed by atoms with Gasteiger partial charge in [-0.05, 0) is 51.5 Å². The highest BCUT2D eigenvalue weighted by Gasteiger charge is 2.25. The molecule has 1 fully saturated rings. The minimum atomic E-state index is -0.0196. The van der Waals surface area contributed by atoms with E-state index in [-0.39, 0.29) is 6.10 Å². The van der Waals surface area contributed by atoms with Crippen molar-refractivity contribution in [2.75, 3.05) is 32.2 Å². The average Bonchev–Trinajstić information content (AvgIpc) is 3.06. The molecule has 1 aromatic heterocycles. The van der Waals surface area contributed by atoms with Gasteiger partial charge in [0.15, 0.2) is 0 Å². The molecule has 0 amide bonds. The number of ether oxygens (including phenoxy) is 3. The van der Waals surface area contributed by atoms with Crippen LogP contribution in [0.15, 0.2) is 28.9 Å². The number of nitrogens with one attached hydrogen (secondary N) is 1. The zero-order valence-corrected chi connectivity index (χ0v) is 18.9. The molecule has 0 aliphatic carbocycles. The molecule has 3 rings (SSSR count). The maximum atomic E-state index is 6.16. The molecular formula is C23H36N4O3. The van der Waals surface area contributed by atoms with Gasteiger partial charge in [0.1, 0.15) is 18.1 Å². The van der Waals surface area contributed by atoms with Crippen LogP contribution < -0.4 is 10.1 Å². The summed E-state index contributed by atoms with van der Waals surface area (Å²) in [6.07, 6.45) is 7.59. The molecule has 166 valence electrons. The summed E-state index contributed by atoms with van der Waals surface area (Å²) in [6, 6.07) is 0.324. The molecule has 1 aromatic rings. The maximum Gasteiger partial charge on any atom is 0.257 e. The topological polar surface area (TPSA) is 69.9 Å². The lowest BCUT2D eigenvalue weighted by Crippen LogP contribution is -2.22. The Morgan fingerprint density at radius 1 is 1.27 bits per heavy atom. The number of amidine groups is 1. The Kier molecular flexibility index (Phi) is 8.10. The highest BCUT2D eigenvalue weighted by molar-refractivity contribution is 5.95. The second-order valence-electron chi connectivity index (χ2n) is 8.11. The van der Waals surface area contributed by atoms with E-state index in [9.17, 15) is 0 Å². The van der Waals surface area contributed by atoms with E-state index in [1.165, 1.54) is 5.57 Å². The SMILES string of the molecule is C=C1CCC(OC)COc2nn(C3CCOCC3)c(C)c2NC(C)=N/C=C\1CCC. The Morgan fingerprint density at radius 3 is 2.73 bits per heavy atom. The number of rotatable bonds is 4. The van der Waals surface area contributed by atoms with Crippen molar-refractivity contribution in [2.24, 2.45) is 4.99 Å². The Morgan fingerprint density at radius 2 is 2.03 bits per heavy atom. The number of anilines is 1. The quantitative estimate of drug-likeness (QED) is 0.763. The molecule has 2 aliphatic rings. The van der Waals surface area contributed by atoms with Crippen LogP contribution in [0.4, 0.5) is 5.69 Å². The standard InChI is InChI=1S/C23H36N4O3/c1-6-7-19-14-24-18(4)25-22-17(3)27(20-10-12-29-13-11-20)26-23(22)30-15-21(28-5)9-8-16(19)2/h14,20-21H,2,6-13,15H2,1,3-5H3,(H,24,25)/b19-14-. The Bertz CT molecular complexity index is 791. The van der Waals surface area contributed by atoms with Gasteiger partial charge in [-0.25, -0.2) is 4.99 Å². The van der Waals surface area contributed by atoms with Gasteiger partial charge >= 0.3 is 0 Å². The maximum absolute atomic E-state index is 6.16. The van der Waals surface area contributed by atoms with Gasteiger partial charge in [0, 0.05) is 26.5 Å². The summed E-state index contributed by atoms with van der Waals surface area (Å²) in [5, 5.41) is 8.25. The third-order valence-corrected chi connectivity index (χ3v) is 5.86. The molecule has 0 bridgehead atoms. The molecule has 2 aliphatic heterocycles. The minimum absolute atomic E-state index is 0.0196. The van der Waals surface area contributed by atoms with E-state index < -0.39 is 0 Å². The molecular weight excluding hydrogens is 380 g/mol. The molecule has 30 heavy (non-hydrogen) atoms. The van der Waals surface area contributed by atoms with E-state index >= 15 is 0 Å². The molecule has 0 radical (unpaired) electrons.